The lowest BCUT2D eigenvalue weighted by Gasteiger charge is -2.01. The van der Waals surface area contributed by atoms with Gasteiger partial charge in [-0.1, -0.05) is 30.3 Å². The smallest absolute Gasteiger partial charge is 0.0762 e. The predicted molar refractivity (Wildman–Crippen MR) is 81.5 cm³/mol. The van der Waals surface area contributed by atoms with Crippen LogP contribution in [-0.2, 0) is 26.7 Å². The summed E-state index contributed by atoms with van der Waals surface area (Å²) in [7, 11) is 1.93. The van der Waals surface area contributed by atoms with Gasteiger partial charge in [0.1, 0.15) is 0 Å². The molecule has 2 heterocycles. The number of rotatable bonds is 6. The molecule has 108 valence electrons. The molecule has 0 fully saturated rings. The van der Waals surface area contributed by atoms with E-state index >= 15 is 0 Å². The summed E-state index contributed by atoms with van der Waals surface area (Å²) in [6, 6.07) is 12.4. The standard InChI is InChI=1S/C16H19N5/c1-20-8-7-16(19-20)11-17-9-15-10-18-21(13-15)12-14-5-3-2-4-6-14/h2-8,10,13,17H,9,11-12H2,1H3. The number of nitrogens with one attached hydrogen (secondary N) is 1. The molecule has 0 bridgehead atoms. The van der Waals surface area contributed by atoms with Crippen molar-refractivity contribution >= 4 is 0 Å². The van der Waals surface area contributed by atoms with Gasteiger partial charge in [-0.25, -0.2) is 0 Å². The maximum Gasteiger partial charge on any atom is 0.0762 e. The summed E-state index contributed by atoms with van der Waals surface area (Å²) in [5, 5.41) is 12.1. The molecule has 0 unspecified atom stereocenters. The van der Waals surface area contributed by atoms with E-state index in [-0.39, 0.29) is 0 Å². The molecule has 1 aromatic carbocycles. The molecule has 2 aromatic heterocycles. The molecular weight excluding hydrogens is 262 g/mol. The molecule has 0 atom stereocenters. The number of benzene rings is 1. The van der Waals surface area contributed by atoms with E-state index in [1.165, 1.54) is 11.1 Å². The van der Waals surface area contributed by atoms with Gasteiger partial charge in [0, 0.05) is 38.1 Å². The Morgan fingerprint density at radius 1 is 1.05 bits per heavy atom. The highest BCUT2D eigenvalue weighted by Gasteiger charge is 2.01. The molecule has 0 radical (unpaired) electrons. The molecule has 5 heteroatoms. The maximum absolute atomic E-state index is 4.40. The topological polar surface area (TPSA) is 47.7 Å². The van der Waals surface area contributed by atoms with Crippen molar-refractivity contribution in [3.63, 3.8) is 0 Å². The highest BCUT2D eigenvalue weighted by atomic mass is 15.3. The van der Waals surface area contributed by atoms with Crippen molar-refractivity contribution in [2.75, 3.05) is 0 Å². The van der Waals surface area contributed by atoms with E-state index in [2.05, 4.69) is 33.8 Å². The zero-order chi connectivity index (χ0) is 14.5. The van der Waals surface area contributed by atoms with Crippen molar-refractivity contribution in [3.05, 3.63) is 71.8 Å². The van der Waals surface area contributed by atoms with Crippen LogP contribution in [0.15, 0.2) is 55.0 Å². The van der Waals surface area contributed by atoms with Gasteiger partial charge in [-0.2, -0.15) is 10.2 Å². The Morgan fingerprint density at radius 3 is 2.67 bits per heavy atom. The SMILES string of the molecule is Cn1ccc(CNCc2cnn(Cc3ccccc3)c2)n1. The summed E-state index contributed by atoms with van der Waals surface area (Å²) in [6.45, 7) is 2.37. The Bertz CT molecular complexity index is 684. The number of hydrogen-bond donors (Lipinski definition) is 1. The van der Waals surface area contributed by atoms with E-state index in [9.17, 15) is 0 Å². The molecule has 0 amide bonds. The van der Waals surface area contributed by atoms with E-state index in [4.69, 9.17) is 0 Å². The first-order valence-electron chi connectivity index (χ1n) is 7.04. The molecular formula is C16H19N5. The van der Waals surface area contributed by atoms with Crippen LogP contribution in [0.25, 0.3) is 0 Å². The Morgan fingerprint density at radius 2 is 1.90 bits per heavy atom. The van der Waals surface area contributed by atoms with Crippen LogP contribution in [-0.4, -0.2) is 19.6 Å². The Kier molecular flexibility index (Phi) is 4.12. The fourth-order valence-corrected chi connectivity index (χ4v) is 2.25. The van der Waals surface area contributed by atoms with Gasteiger partial charge in [0.25, 0.3) is 0 Å². The zero-order valence-corrected chi connectivity index (χ0v) is 12.1. The van der Waals surface area contributed by atoms with Gasteiger partial charge in [0.05, 0.1) is 18.4 Å². The van der Waals surface area contributed by atoms with Gasteiger partial charge in [0.15, 0.2) is 0 Å². The second-order valence-electron chi connectivity index (χ2n) is 5.12. The molecule has 5 nitrogen and oxygen atoms in total. The Hall–Kier alpha value is -2.40. The average Bonchev–Trinajstić information content (AvgIpc) is 3.10. The van der Waals surface area contributed by atoms with E-state index in [0.717, 1.165) is 25.3 Å². The molecule has 3 aromatic rings. The summed E-state index contributed by atoms with van der Waals surface area (Å²) < 4.78 is 3.78. The molecule has 3 rings (SSSR count). The predicted octanol–water partition coefficient (Wildman–Crippen LogP) is 1.95. The third-order valence-corrected chi connectivity index (χ3v) is 3.28. The van der Waals surface area contributed by atoms with Crippen molar-refractivity contribution in [2.24, 2.45) is 7.05 Å². The van der Waals surface area contributed by atoms with Crippen molar-refractivity contribution in [2.45, 2.75) is 19.6 Å². The molecule has 0 saturated heterocycles. The van der Waals surface area contributed by atoms with Gasteiger partial charge >= 0.3 is 0 Å². The summed E-state index contributed by atoms with van der Waals surface area (Å²) in [4.78, 5) is 0. The number of aromatic nitrogens is 4. The number of nitrogens with zero attached hydrogens (tertiary/aromatic N) is 4. The number of aryl methyl sites for hydroxylation is 1. The van der Waals surface area contributed by atoms with Crippen LogP contribution < -0.4 is 5.32 Å². The summed E-state index contributed by atoms with van der Waals surface area (Å²) >= 11 is 0. The van der Waals surface area contributed by atoms with Gasteiger partial charge in [0.2, 0.25) is 0 Å². The lowest BCUT2D eigenvalue weighted by molar-refractivity contribution is 0.653. The van der Waals surface area contributed by atoms with Gasteiger partial charge < -0.3 is 5.32 Å². The molecule has 0 aliphatic carbocycles. The highest BCUT2D eigenvalue weighted by molar-refractivity contribution is 5.15. The van der Waals surface area contributed by atoms with E-state index < -0.39 is 0 Å². The van der Waals surface area contributed by atoms with Crippen LogP contribution in [0, 0.1) is 0 Å². The fourth-order valence-electron chi connectivity index (χ4n) is 2.25. The number of hydrogen-bond acceptors (Lipinski definition) is 3. The molecule has 0 spiro atoms. The average molecular weight is 281 g/mol. The third-order valence-electron chi connectivity index (χ3n) is 3.28. The van der Waals surface area contributed by atoms with Crippen LogP contribution in [0.2, 0.25) is 0 Å². The molecule has 0 aliphatic rings. The van der Waals surface area contributed by atoms with Crippen molar-refractivity contribution in [1.29, 1.82) is 0 Å². The summed E-state index contributed by atoms with van der Waals surface area (Å²) in [5.41, 5.74) is 3.49. The van der Waals surface area contributed by atoms with Gasteiger partial charge in [-0.3, -0.25) is 9.36 Å². The summed E-state index contributed by atoms with van der Waals surface area (Å²) in [5.74, 6) is 0. The fraction of sp³-hybridized carbons (Fsp3) is 0.250. The van der Waals surface area contributed by atoms with Crippen LogP contribution in [0.5, 0.6) is 0 Å². The quantitative estimate of drug-likeness (QED) is 0.751. The largest absolute Gasteiger partial charge is 0.307 e. The maximum atomic E-state index is 4.40. The van der Waals surface area contributed by atoms with E-state index in [1.807, 2.05) is 53.1 Å². The zero-order valence-electron chi connectivity index (χ0n) is 12.1. The van der Waals surface area contributed by atoms with Crippen LogP contribution >= 0.6 is 0 Å². The van der Waals surface area contributed by atoms with Gasteiger partial charge in [-0.15, -0.1) is 0 Å². The Labute approximate surface area is 124 Å². The van der Waals surface area contributed by atoms with Crippen molar-refractivity contribution in [3.8, 4) is 0 Å². The molecule has 0 aliphatic heterocycles. The van der Waals surface area contributed by atoms with Crippen LogP contribution in [0.3, 0.4) is 0 Å². The molecule has 1 N–H and O–H groups in total. The van der Waals surface area contributed by atoms with Crippen LogP contribution in [0.1, 0.15) is 16.8 Å². The lowest BCUT2D eigenvalue weighted by Crippen LogP contribution is -2.13. The first-order valence-corrected chi connectivity index (χ1v) is 7.04. The van der Waals surface area contributed by atoms with Gasteiger partial charge in [-0.05, 0) is 11.6 Å². The minimum absolute atomic E-state index is 0.769. The first-order chi connectivity index (χ1) is 10.3. The normalized spacial score (nSPS) is 10.9. The lowest BCUT2D eigenvalue weighted by atomic mass is 10.2. The first kappa shape index (κ1) is 13.6. The minimum atomic E-state index is 0.769. The van der Waals surface area contributed by atoms with Crippen LogP contribution in [0.4, 0.5) is 0 Å². The van der Waals surface area contributed by atoms with E-state index in [1.54, 1.807) is 0 Å². The third kappa shape index (κ3) is 3.79. The van der Waals surface area contributed by atoms with E-state index in [0.29, 0.717) is 0 Å². The second-order valence-corrected chi connectivity index (χ2v) is 5.12. The molecule has 21 heavy (non-hydrogen) atoms. The van der Waals surface area contributed by atoms with Crippen molar-refractivity contribution < 1.29 is 0 Å². The highest BCUT2D eigenvalue weighted by Crippen LogP contribution is 2.04. The monoisotopic (exact) mass is 281 g/mol. The Balaban J connectivity index is 1.51. The minimum Gasteiger partial charge on any atom is -0.307 e. The second kappa shape index (κ2) is 6.37. The summed E-state index contributed by atoms with van der Waals surface area (Å²) in [6.07, 6.45) is 5.95. The molecule has 0 saturated carbocycles. The van der Waals surface area contributed by atoms with Crippen molar-refractivity contribution in [1.82, 2.24) is 24.9 Å².